The summed E-state index contributed by atoms with van der Waals surface area (Å²) in [5, 5.41) is 2.74. The zero-order chi connectivity index (χ0) is 9.56. The van der Waals surface area contributed by atoms with Crippen molar-refractivity contribution >= 4 is 0 Å². The van der Waals surface area contributed by atoms with Gasteiger partial charge in [-0.25, -0.2) is 8.78 Å². The molecule has 0 amide bonds. The highest BCUT2D eigenvalue weighted by molar-refractivity contribution is 4.69. The van der Waals surface area contributed by atoms with Gasteiger partial charge in [-0.05, 0) is 5.92 Å². The molecule has 1 atom stereocenters. The van der Waals surface area contributed by atoms with Gasteiger partial charge in [-0.2, -0.15) is 0 Å². The second-order valence-corrected chi connectivity index (χ2v) is 3.11. The molecule has 1 unspecified atom stereocenters. The van der Waals surface area contributed by atoms with Gasteiger partial charge in [-0.1, -0.05) is 13.8 Å². The van der Waals surface area contributed by atoms with Crippen LogP contribution in [0.4, 0.5) is 8.78 Å². The molecule has 0 aromatic carbocycles. The van der Waals surface area contributed by atoms with Crippen LogP contribution < -0.4 is 5.32 Å². The number of rotatable bonds is 6. The van der Waals surface area contributed by atoms with Crippen molar-refractivity contribution in [3.05, 3.63) is 0 Å². The molecular formula is C8H17F2NO. The number of hydrogen-bond acceptors (Lipinski definition) is 2. The Morgan fingerprint density at radius 2 is 1.92 bits per heavy atom. The van der Waals surface area contributed by atoms with Gasteiger partial charge in [-0.3, -0.25) is 0 Å². The van der Waals surface area contributed by atoms with Gasteiger partial charge in [0.25, 0.3) is 6.43 Å². The summed E-state index contributed by atoms with van der Waals surface area (Å²) in [5.74, 6) is 0.309. The van der Waals surface area contributed by atoms with Crippen LogP contribution in [0.25, 0.3) is 0 Å². The summed E-state index contributed by atoms with van der Waals surface area (Å²) in [5.41, 5.74) is 0. The van der Waals surface area contributed by atoms with E-state index in [2.05, 4.69) is 5.32 Å². The van der Waals surface area contributed by atoms with Crippen LogP contribution in [0.1, 0.15) is 13.8 Å². The second kappa shape index (κ2) is 6.31. The molecule has 0 aromatic rings. The third kappa shape index (κ3) is 5.43. The predicted octanol–water partition coefficient (Wildman–Crippen LogP) is 1.51. The molecule has 0 aliphatic heterocycles. The predicted molar refractivity (Wildman–Crippen MR) is 44.5 cm³/mol. The topological polar surface area (TPSA) is 21.3 Å². The van der Waals surface area contributed by atoms with Crippen molar-refractivity contribution < 1.29 is 13.5 Å². The van der Waals surface area contributed by atoms with Crippen LogP contribution in [0.5, 0.6) is 0 Å². The summed E-state index contributed by atoms with van der Waals surface area (Å²) in [7, 11) is 1.57. The van der Waals surface area contributed by atoms with Crippen molar-refractivity contribution in [1.82, 2.24) is 5.32 Å². The van der Waals surface area contributed by atoms with E-state index in [0.29, 0.717) is 12.5 Å². The number of hydrogen-bond donors (Lipinski definition) is 1. The van der Waals surface area contributed by atoms with E-state index in [9.17, 15) is 8.78 Å². The van der Waals surface area contributed by atoms with Crippen LogP contribution in [0.2, 0.25) is 0 Å². The van der Waals surface area contributed by atoms with Crippen LogP contribution in [0.15, 0.2) is 0 Å². The fourth-order valence-electron chi connectivity index (χ4n) is 0.907. The molecule has 0 fully saturated rings. The molecule has 0 spiro atoms. The van der Waals surface area contributed by atoms with Crippen LogP contribution in [-0.4, -0.2) is 32.7 Å². The van der Waals surface area contributed by atoms with Gasteiger partial charge in [-0.15, -0.1) is 0 Å². The number of halogens is 2. The molecule has 0 aliphatic rings. The summed E-state index contributed by atoms with van der Waals surface area (Å²) in [6, 6.07) is 0.0176. The summed E-state index contributed by atoms with van der Waals surface area (Å²) >= 11 is 0. The number of methoxy groups -OCH3 is 1. The third-order valence-electron chi connectivity index (χ3n) is 1.69. The number of ether oxygens (including phenoxy) is 1. The maximum absolute atomic E-state index is 11.8. The molecule has 0 heterocycles. The van der Waals surface area contributed by atoms with Gasteiger partial charge < -0.3 is 10.1 Å². The Labute approximate surface area is 72.3 Å². The fourth-order valence-corrected chi connectivity index (χ4v) is 0.907. The van der Waals surface area contributed by atoms with E-state index < -0.39 is 6.43 Å². The van der Waals surface area contributed by atoms with Gasteiger partial charge in [0, 0.05) is 13.2 Å². The standard InChI is InChI=1S/C8H17F2NO/c1-6(2)7(5-12-3)11-4-8(9)10/h6-8,11H,4-5H2,1-3H3. The molecular weight excluding hydrogens is 164 g/mol. The van der Waals surface area contributed by atoms with Crippen molar-refractivity contribution in [3.63, 3.8) is 0 Å². The highest BCUT2D eigenvalue weighted by Crippen LogP contribution is 2.02. The van der Waals surface area contributed by atoms with Crippen molar-refractivity contribution in [2.24, 2.45) is 5.92 Å². The summed E-state index contributed by atoms with van der Waals surface area (Å²) in [6.07, 6.45) is -2.29. The Balaban J connectivity index is 3.63. The summed E-state index contributed by atoms with van der Waals surface area (Å²) in [4.78, 5) is 0. The van der Waals surface area contributed by atoms with E-state index in [0.717, 1.165) is 0 Å². The minimum absolute atomic E-state index is 0.0176. The highest BCUT2D eigenvalue weighted by Gasteiger charge is 2.14. The molecule has 0 saturated heterocycles. The van der Waals surface area contributed by atoms with Crippen LogP contribution >= 0.6 is 0 Å². The minimum atomic E-state index is -2.29. The number of alkyl halides is 2. The minimum Gasteiger partial charge on any atom is -0.383 e. The first-order valence-electron chi connectivity index (χ1n) is 4.08. The van der Waals surface area contributed by atoms with Gasteiger partial charge >= 0.3 is 0 Å². The zero-order valence-electron chi connectivity index (χ0n) is 7.81. The molecule has 0 bridgehead atoms. The first kappa shape index (κ1) is 11.8. The first-order chi connectivity index (χ1) is 5.57. The molecule has 0 rings (SSSR count). The average molecular weight is 181 g/mol. The Hall–Kier alpha value is -0.220. The van der Waals surface area contributed by atoms with Gasteiger partial charge in [0.1, 0.15) is 0 Å². The maximum atomic E-state index is 11.8. The molecule has 2 nitrogen and oxygen atoms in total. The Bertz CT molecular complexity index is 109. The number of nitrogens with one attached hydrogen (secondary N) is 1. The van der Waals surface area contributed by atoms with E-state index in [4.69, 9.17) is 4.74 Å². The maximum Gasteiger partial charge on any atom is 0.250 e. The van der Waals surface area contributed by atoms with Crippen LogP contribution in [0.3, 0.4) is 0 Å². The zero-order valence-corrected chi connectivity index (χ0v) is 7.81. The van der Waals surface area contributed by atoms with E-state index in [1.54, 1.807) is 7.11 Å². The second-order valence-electron chi connectivity index (χ2n) is 3.11. The first-order valence-corrected chi connectivity index (χ1v) is 4.08. The van der Waals surface area contributed by atoms with Gasteiger partial charge in [0.15, 0.2) is 0 Å². The molecule has 0 saturated carbocycles. The average Bonchev–Trinajstić information content (AvgIpc) is 1.96. The smallest absolute Gasteiger partial charge is 0.250 e. The molecule has 4 heteroatoms. The van der Waals surface area contributed by atoms with E-state index in [-0.39, 0.29) is 12.6 Å². The Morgan fingerprint density at radius 3 is 2.25 bits per heavy atom. The SMILES string of the molecule is COCC(NCC(F)F)C(C)C. The lowest BCUT2D eigenvalue weighted by molar-refractivity contribution is 0.111. The van der Waals surface area contributed by atoms with Crippen LogP contribution in [-0.2, 0) is 4.74 Å². The Morgan fingerprint density at radius 1 is 1.33 bits per heavy atom. The molecule has 0 aliphatic carbocycles. The molecule has 1 N–H and O–H groups in total. The quantitative estimate of drug-likeness (QED) is 0.670. The lowest BCUT2D eigenvalue weighted by Crippen LogP contribution is -2.40. The largest absolute Gasteiger partial charge is 0.383 e. The lowest BCUT2D eigenvalue weighted by Gasteiger charge is -2.21. The molecule has 0 radical (unpaired) electrons. The monoisotopic (exact) mass is 181 g/mol. The van der Waals surface area contributed by atoms with Crippen molar-refractivity contribution in [2.45, 2.75) is 26.3 Å². The third-order valence-corrected chi connectivity index (χ3v) is 1.69. The van der Waals surface area contributed by atoms with Crippen molar-refractivity contribution in [3.8, 4) is 0 Å². The molecule has 0 aromatic heterocycles. The molecule has 74 valence electrons. The Kier molecular flexibility index (Phi) is 6.20. The molecule has 12 heavy (non-hydrogen) atoms. The summed E-state index contributed by atoms with van der Waals surface area (Å²) in [6.45, 7) is 4.17. The van der Waals surface area contributed by atoms with E-state index in [1.165, 1.54) is 0 Å². The summed E-state index contributed by atoms with van der Waals surface area (Å²) < 4.78 is 28.5. The van der Waals surface area contributed by atoms with E-state index in [1.807, 2.05) is 13.8 Å². The normalized spacial score (nSPS) is 14.2. The van der Waals surface area contributed by atoms with E-state index >= 15 is 0 Å². The van der Waals surface area contributed by atoms with Crippen molar-refractivity contribution in [1.29, 1.82) is 0 Å². The van der Waals surface area contributed by atoms with Crippen LogP contribution in [0, 0.1) is 5.92 Å². The fraction of sp³-hybridized carbons (Fsp3) is 1.00. The van der Waals surface area contributed by atoms with Gasteiger partial charge in [0.05, 0.1) is 13.2 Å². The lowest BCUT2D eigenvalue weighted by atomic mass is 10.1. The highest BCUT2D eigenvalue weighted by atomic mass is 19.3. The van der Waals surface area contributed by atoms with Crippen molar-refractivity contribution in [2.75, 3.05) is 20.3 Å². The van der Waals surface area contributed by atoms with Gasteiger partial charge in [0.2, 0.25) is 0 Å².